The molecule has 2 heterocycles. The van der Waals surface area contributed by atoms with Crippen LogP contribution in [0.2, 0.25) is 0 Å². The summed E-state index contributed by atoms with van der Waals surface area (Å²) in [7, 11) is 0. The smallest absolute Gasteiger partial charge is 0.0620 e. The molecule has 45 heavy (non-hydrogen) atoms. The molecule has 8 aromatic carbocycles. The first kappa shape index (κ1) is 24.5. The summed E-state index contributed by atoms with van der Waals surface area (Å²) < 4.78 is 2.50. The van der Waals surface area contributed by atoms with E-state index in [2.05, 4.69) is 168 Å². The van der Waals surface area contributed by atoms with Crippen LogP contribution in [0.25, 0.3) is 93.5 Å². The molecule has 1 aliphatic heterocycles. The van der Waals surface area contributed by atoms with Crippen LogP contribution in [0.4, 0.5) is 0 Å². The van der Waals surface area contributed by atoms with Gasteiger partial charge in [-0.2, -0.15) is 0 Å². The molecule has 0 saturated carbocycles. The third-order valence-corrected chi connectivity index (χ3v) is 9.68. The zero-order valence-electron chi connectivity index (χ0n) is 24.5. The van der Waals surface area contributed by atoms with Gasteiger partial charge in [0.15, 0.2) is 0 Å². The maximum atomic E-state index is 2.50. The van der Waals surface area contributed by atoms with Gasteiger partial charge in [-0.15, -0.1) is 0 Å². The predicted octanol–water partition coefficient (Wildman–Crippen LogP) is 12.1. The average Bonchev–Trinajstić information content (AvgIpc) is 3.38. The number of para-hydroxylation sites is 1. The monoisotopic (exact) mass is 569 g/mol. The normalized spacial score (nSPS) is 12.0. The molecule has 1 aliphatic rings. The summed E-state index contributed by atoms with van der Waals surface area (Å²) in [5.41, 5.74) is 13.7. The second kappa shape index (κ2) is 9.29. The molecule has 9 aromatic rings. The number of fused-ring (bicyclic) bond motifs is 10. The van der Waals surface area contributed by atoms with Gasteiger partial charge in [-0.05, 0) is 97.4 Å². The van der Waals surface area contributed by atoms with E-state index in [1.807, 2.05) is 0 Å². The Morgan fingerprint density at radius 1 is 0.311 bits per heavy atom. The summed E-state index contributed by atoms with van der Waals surface area (Å²) in [6.45, 7) is 0. The van der Waals surface area contributed by atoms with Crippen molar-refractivity contribution < 1.29 is 0 Å². The molecule has 10 rings (SSSR count). The lowest BCUT2D eigenvalue weighted by Crippen LogP contribution is -1.96. The van der Waals surface area contributed by atoms with Gasteiger partial charge in [0.05, 0.1) is 16.7 Å². The van der Waals surface area contributed by atoms with E-state index < -0.39 is 0 Å². The van der Waals surface area contributed by atoms with Gasteiger partial charge < -0.3 is 4.57 Å². The van der Waals surface area contributed by atoms with Crippen LogP contribution in [0.15, 0.2) is 164 Å². The van der Waals surface area contributed by atoms with Crippen molar-refractivity contribution in [3.8, 4) is 50.2 Å². The average molecular weight is 570 g/mol. The molecule has 1 aromatic heterocycles. The van der Waals surface area contributed by atoms with Crippen LogP contribution < -0.4 is 0 Å². The standard InChI is InChI=1S/C44H27N/c1-3-11-30-23-32(19-17-28(30)9-1)34-21-22-43-39(25-34)36-13-5-6-14-37(36)40-26-35(33-20-18-29-10-2-4-12-31(29)24-33)27-41-38-15-7-8-16-42(38)45(43)44(40)41/h1-27H. The number of benzene rings is 8. The zero-order valence-corrected chi connectivity index (χ0v) is 24.5. The Hall–Kier alpha value is -5.92. The van der Waals surface area contributed by atoms with E-state index >= 15 is 0 Å². The fourth-order valence-corrected chi connectivity index (χ4v) is 7.54. The number of rotatable bonds is 2. The summed E-state index contributed by atoms with van der Waals surface area (Å²) in [5, 5.41) is 7.61. The minimum absolute atomic E-state index is 1.22. The van der Waals surface area contributed by atoms with Crippen LogP contribution in [0.5, 0.6) is 0 Å². The molecule has 0 unspecified atom stereocenters. The molecule has 1 heteroatoms. The fourth-order valence-electron chi connectivity index (χ4n) is 7.54. The predicted molar refractivity (Wildman–Crippen MR) is 191 cm³/mol. The molecule has 0 atom stereocenters. The summed E-state index contributed by atoms with van der Waals surface area (Å²) in [6, 6.07) is 60.5. The largest absolute Gasteiger partial charge is 0.308 e. The summed E-state index contributed by atoms with van der Waals surface area (Å²) in [5.74, 6) is 0. The van der Waals surface area contributed by atoms with Gasteiger partial charge in [0.25, 0.3) is 0 Å². The van der Waals surface area contributed by atoms with Gasteiger partial charge in [0.2, 0.25) is 0 Å². The molecule has 208 valence electrons. The maximum Gasteiger partial charge on any atom is 0.0620 e. The van der Waals surface area contributed by atoms with Crippen LogP contribution in [-0.4, -0.2) is 4.57 Å². The molecule has 0 fully saturated rings. The van der Waals surface area contributed by atoms with Crippen molar-refractivity contribution in [3.63, 3.8) is 0 Å². The van der Waals surface area contributed by atoms with Crippen LogP contribution in [0.1, 0.15) is 0 Å². The van der Waals surface area contributed by atoms with Crippen molar-refractivity contribution in [2.24, 2.45) is 0 Å². The third-order valence-electron chi connectivity index (χ3n) is 9.68. The van der Waals surface area contributed by atoms with Gasteiger partial charge in [-0.25, -0.2) is 0 Å². The first-order valence-electron chi connectivity index (χ1n) is 15.6. The van der Waals surface area contributed by atoms with E-state index in [9.17, 15) is 0 Å². The van der Waals surface area contributed by atoms with Gasteiger partial charge in [0, 0.05) is 21.9 Å². The molecule has 0 radical (unpaired) electrons. The van der Waals surface area contributed by atoms with Gasteiger partial charge in [-0.1, -0.05) is 121 Å². The minimum Gasteiger partial charge on any atom is -0.308 e. The lowest BCUT2D eigenvalue weighted by Gasteiger charge is -2.15. The molecule has 0 aliphatic carbocycles. The fraction of sp³-hybridized carbons (Fsp3) is 0. The Morgan fingerprint density at radius 2 is 0.844 bits per heavy atom. The van der Waals surface area contributed by atoms with Crippen molar-refractivity contribution in [1.82, 2.24) is 4.57 Å². The highest BCUT2D eigenvalue weighted by Crippen LogP contribution is 2.49. The van der Waals surface area contributed by atoms with E-state index in [4.69, 9.17) is 0 Å². The zero-order chi connectivity index (χ0) is 29.5. The molecule has 0 saturated heterocycles. The maximum absolute atomic E-state index is 2.50. The van der Waals surface area contributed by atoms with Crippen LogP contribution in [-0.2, 0) is 0 Å². The Kier molecular flexibility index (Phi) is 5.06. The molecule has 0 amide bonds. The second-order valence-electron chi connectivity index (χ2n) is 12.2. The first-order valence-corrected chi connectivity index (χ1v) is 15.6. The van der Waals surface area contributed by atoms with E-state index in [0.29, 0.717) is 0 Å². The Morgan fingerprint density at radius 3 is 1.58 bits per heavy atom. The minimum atomic E-state index is 1.22. The van der Waals surface area contributed by atoms with E-state index in [1.165, 1.54) is 93.5 Å². The van der Waals surface area contributed by atoms with Gasteiger partial charge in [-0.3, -0.25) is 0 Å². The van der Waals surface area contributed by atoms with Crippen LogP contribution in [0.3, 0.4) is 0 Å². The van der Waals surface area contributed by atoms with E-state index in [-0.39, 0.29) is 0 Å². The molecular formula is C44H27N. The van der Waals surface area contributed by atoms with Crippen molar-refractivity contribution in [1.29, 1.82) is 0 Å². The highest BCUT2D eigenvalue weighted by Gasteiger charge is 2.25. The molecule has 0 spiro atoms. The third kappa shape index (κ3) is 3.62. The number of aromatic nitrogens is 1. The number of hydrogen-bond donors (Lipinski definition) is 0. The summed E-state index contributed by atoms with van der Waals surface area (Å²) >= 11 is 0. The SMILES string of the molecule is c1ccc2c(c1)-c1cc(-c3ccc4ccccc4c3)ccc1-n1c3ccccc3c3cc(-c4ccc5ccccc5c4)cc-2c31. The Labute approximate surface area is 261 Å². The molecular weight excluding hydrogens is 542 g/mol. The topological polar surface area (TPSA) is 4.93 Å². The highest BCUT2D eigenvalue weighted by molar-refractivity contribution is 6.18. The molecule has 0 bridgehead atoms. The molecule has 1 nitrogen and oxygen atoms in total. The number of nitrogens with zero attached hydrogens (tertiary/aromatic N) is 1. The summed E-state index contributed by atoms with van der Waals surface area (Å²) in [6.07, 6.45) is 0. The highest BCUT2D eigenvalue weighted by atomic mass is 15.0. The summed E-state index contributed by atoms with van der Waals surface area (Å²) in [4.78, 5) is 0. The lowest BCUT2D eigenvalue weighted by molar-refractivity contribution is 1.19. The lowest BCUT2D eigenvalue weighted by atomic mass is 9.90. The van der Waals surface area contributed by atoms with Crippen molar-refractivity contribution >= 4 is 43.4 Å². The van der Waals surface area contributed by atoms with Crippen molar-refractivity contribution in [2.45, 2.75) is 0 Å². The van der Waals surface area contributed by atoms with Crippen LogP contribution >= 0.6 is 0 Å². The van der Waals surface area contributed by atoms with Crippen molar-refractivity contribution in [3.05, 3.63) is 164 Å². The van der Waals surface area contributed by atoms with Gasteiger partial charge >= 0.3 is 0 Å². The Bertz CT molecular complexity index is 2650. The van der Waals surface area contributed by atoms with Crippen LogP contribution in [0, 0.1) is 0 Å². The van der Waals surface area contributed by atoms with Gasteiger partial charge in [0.1, 0.15) is 0 Å². The quantitative estimate of drug-likeness (QED) is 0.195. The van der Waals surface area contributed by atoms with E-state index in [1.54, 1.807) is 0 Å². The number of hydrogen-bond acceptors (Lipinski definition) is 0. The Balaban J connectivity index is 1.28. The van der Waals surface area contributed by atoms with E-state index in [0.717, 1.165) is 0 Å². The molecule has 0 N–H and O–H groups in total. The van der Waals surface area contributed by atoms with Crippen molar-refractivity contribution in [2.75, 3.05) is 0 Å². The second-order valence-corrected chi connectivity index (χ2v) is 12.2. The first-order chi connectivity index (χ1) is 22.3.